The van der Waals surface area contributed by atoms with Gasteiger partial charge in [-0.3, -0.25) is 0 Å². The molecule has 0 bridgehead atoms. The van der Waals surface area contributed by atoms with E-state index in [2.05, 4.69) is 4.98 Å². The number of sulfonamides is 1. The third-order valence-corrected chi connectivity index (χ3v) is 6.95. The lowest BCUT2D eigenvalue weighted by molar-refractivity contribution is -0.140. The Labute approximate surface area is 179 Å². The minimum atomic E-state index is -4.85. The van der Waals surface area contributed by atoms with Crippen molar-refractivity contribution >= 4 is 27.4 Å². The van der Waals surface area contributed by atoms with E-state index in [0.29, 0.717) is 12.3 Å². The average Bonchev–Trinajstić information content (AvgIpc) is 2.93. The molecule has 13 heteroatoms. The molecule has 0 radical (unpaired) electrons. The van der Waals surface area contributed by atoms with Gasteiger partial charge in [-0.2, -0.15) is 30.6 Å². The highest BCUT2D eigenvalue weighted by Crippen LogP contribution is 2.36. The van der Waals surface area contributed by atoms with E-state index in [1.54, 1.807) is 0 Å². The SMILES string of the molecule is O=S(=O)(c1ccccc1C(F)(F)F)N1CCCN(c2ncc(C(F)(F)F)cc2Cl)CC1. The average molecular weight is 488 g/mol. The van der Waals surface area contributed by atoms with Gasteiger partial charge in [0.2, 0.25) is 10.0 Å². The van der Waals surface area contributed by atoms with Crippen molar-refractivity contribution in [3.05, 3.63) is 52.7 Å². The second-order valence-electron chi connectivity index (χ2n) is 6.77. The molecule has 1 aliphatic heterocycles. The van der Waals surface area contributed by atoms with Crippen molar-refractivity contribution in [2.45, 2.75) is 23.7 Å². The fourth-order valence-electron chi connectivity index (χ4n) is 3.23. The van der Waals surface area contributed by atoms with Crippen LogP contribution >= 0.6 is 11.6 Å². The van der Waals surface area contributed by atoms with E-state index in [1.807, 2.05) is 0 Å². The molecule has 0 unspecified atom stereocenters. The first-order chi connectivity index (χ1) is 14.3. The maximum absolute atomic E-state index is 13.3. The van der Waals surface area contributed by atoms with Gasteiger partial charge in [0.25, 0.3) is 0 Å². The summed E-state index contributed by atoms with van der Waals surface area (Å²) in [6.45, 7) is -0.0483. The van der Waals surface area contributed by atoms with Crippen LogP contribution in [0.15, 0.2) is 41.4 Å². The topological polar surface area (TPSA) is 53.5 Å². The lowest BCUT2D eigenvalue weighted by atomic mass is 10.2. The van der Waals surface area contributed by atoms with Crippen LogP contribution in [0.3, 0.4) is 0 Å². The summed E-state index contributed by atoms with van der Waals surface area (Å²) >= 11 is 5.95. The molecule has 0 saturated carbocycles. The first-order valence-electron chi connectivity index (χ1n) is 8.96. The predicted octanol–water partition coefficient (Wildman–Crippen LogP) is 4.67. The monoisotopic (exact) mass is 487 g/mol. The smallest absolute Gasteiger partial charge is 0.354 e. The summed E-state index contributed by atoms with van der Waals surface area (Å²) in [5.74, 6) is 0.0459. The normalized spacial score (nSPS) is 16.9. The Morgan fingerprint density at radius 1 is 0.935 bits per heavy atom. The van der Waals surface area contributed by atoms with Gasteiger partial charge in [0, 0.05) is 32.4 Å². The number of pyridine rings is 1. The zero-order valence-corrected chi connectivity index (χ0v) is 17.3. The third-order valence-electron chi connectivity index (χ3n) is 4.71. The molecule has 0 amide bonds. The maximum Gasteiger partial charge on any atom is 0.417 e. The van der Waals surface area contributed by atoms with Gasteiger partial charge in [0.1, 0.15) is 5.82 Å². The molecule has 3 rings (SSSR count). The van der Waals surface area contributed by atoms with Gasteiger partial charge in [-0.25, -0.2) is 13.4 Å². The van der Waals surface area contributed by atoms with Crippen LogP contribution in [0.1, 0.15) is 17.5 Å². The van der Waals surface area contributed by atoms with Crippen LogP contribution in [-0.4, -0.2) is 43.9 Å². The summed E-state index contributed by atoms with van der Waals surface area (Å²) < 4.78 is 105. The number of halogens is 7. The van der Waals surface area contributed by atoms with E-state index in [0.717, 1.165) is 22.5 Å². The quantitative estimate of drug-likeness (QED) is 0.590. The highest BCUT2D eigenvalue weighted by atomic mass is 35.5. The number of benzene rings is 1. The number of alkyl halides is 6. The number of rotatable bonds is 3. The van der Waals surface area contributed by atoms with Crippen molar-refractivity contribution in [1.29, 1.82) is 0 Å². The lowest BCUT2D eigenvalue weighted by Crippen LogP contribution is -2.36. The predicted molar refractivity (Wildman–Crippen MR) is 101 cm³/mol. The number of aromatic nitrogens is 1. The fraction of sp³-hybridized carbons (Fsp3) is 0.389. The molecule has 2 heterocycles. The van der Waals surface area contributed by atoms with Crippen molar-refractivity contribution in [2.24, 2.45) is 0 Å². The van der Waals surface area contributed by atoms with Crippen LogP contribution in [0, 0.1) is 0 Å². The van der Waals surface area contributed by atoms with Gasteiger partial charge in [-0.15, -0.1) is 0 Å². The van der Waals surface area contributed by atoms with Crippen LogP contribution in [0.25, 0.3) is 0 Å². The zero-order chi connectivity index (χ0) is 23.0. The summed E-state index contributed by atoms with van der Waals surface area (Å²) in [7, 11) is -4.46. The number of hydrogen-bond donors (Lipinski definition) is 0. The second kappa shape index (κ2) is 8.47. The Balaban J connectivity index is 1.84. The first kappa shape index (κ1) is 23.6. The molecule has 0 spiro atoms. The molecule has 170 valence electrons. The molecule has 31 heavy (non-hydrogen) atoms. The number of anilines is 1. The molecule has 0 aliphatic carbocycles. The fourth-order valence-corrected chi connectivity index (χ4v) is 5.20. The van der Waals surface area contributed by atoms with E-state index >= 15 is 0 Å². The van der Waals surface area contributed by atoms with Crippen LogP contribution in [0.2, 0.25) is 5.02 Å². The number of nitrogens with zero attached hydrogens (tertiary/aromatic N) is 3. The zero-order valence-electron chi connectivity index (χ0n) is 15.7. The van der Waals surface area contributed by atoms with Crippen LogP contribution in [0.4, 0.5) is 32.2 Å². The van der Waals surface area contributed by atoms with E-state index in [4.69, 9.17) is 11.6 Å². The Morgan fingerprint density at radius 2 is 1.61 bits per heavy atom. The second-order valence-corrected chi connectivity index (χ2v) is 9.08. The van der Waals surface area contributed by atoms with E-state index in [-0.39, 0.29) is 43.4 Å². The molecular formula is C18H16ClF6N3O2S. The van der Waals surface area contributed by atoms with Crippen LogP contribution in [0.5, 0.6) is 0 Å². The van der Waals surface area contributed by atoms with Gasteiger partial charge in [0.05, 0.1) is 21.0 Å². The molecule has 1 aliphatic rings. The maximum atomic E-state index is 13.3. The molecule has 0 N–H and O–H groups in total. The van der Waals surface area contributed by atoms with E-state index in [1.165, 1.54) is 11.0 Å². The van der Waals surface area contributed by atoms with Crippen molar-refractivity contribution in [3.8, 4) is 0 Å². The summed E-state index contributed by atoms with van der Waals surface area (Å²) in [6.07, 6.45) is -8.63. The largest absolute Gasteiger partial charge is 0.417 e. The summed E-state index contributed by atoms with van der Waals surface area (Å²) in [5.41, 5.74) is -2.28. The molecule has 0 atom stereocenters. The van der Waals surface area contributed by atoms with Crippen molar-refractivity contribution in [3.63, 3.8) is 0 Å². The van der Waals surface area contributed by atoms with Crippen molar-refractivity contribution < 1.29 is 34.8 Å². The molecule has 5 nitrogen and oxygen atoms in total. The minimum absolute atomic E-state index is 0.00843. The molecule has 1 aromatic carbocycles. The van der Waals surface area contributed by atoms with Crippen molar-refractivity contribution in [2.75, 3.05) is 31.1 Å². The first-order valence-corrected chi connectivity index (χ1v) is 10.8. The van der Waals surface area contributed by atoms with Gasteiger partial charge in [-0.05, 0) is 24.6 Å². The molecule has 2 aromatic rings. The highest BCUT2D eigenvalue weighted by Gasteiger charge is 2.39. The van der Waals surface area contributed by atoms with Crippen molar-refractivity contribution in [1.82, 2.24) is 9.29 Å². The van der Waals surface area contributed by atoms with E-state index in [9.17, 15) is 34.8 Å². The highest BCUT2D eigenvalue weighted by molar-refractivity contribution is 7.89. The summed E-state index contributed by atoms with van der Waals surface area (Å²) in [6, 6.07) is 4.63. The van der Waals surface area contributed by atoms with Gasteiger partial charge >= 0.3 is 12.4 Å². The Bertz CT molecular complexity index is 1060. The van der Waals surface area contributed by atoms with Crippen LogP contribution in [-0.2, 0) is 22.4 Å². The molecule has 1 aromatic heterocycles. The van der Waals surface area contributed by atoms with Gasteiger partial charge < -0.3 is 4.90 Å². The van der Waals surface area contributed by atoms with Gasteiger partial charge in [-0.1, -0.05) is 23.7 Å². The molecular weight excluding hydrogens is 472 g/mol. The number of hydrogen-bond acceptors (Lipinski definition) is 4. The van der Waals surface area contributed by atoms with E-state index < -0.39 is 38.4 Å². The molecule has 1 saturated heterocycles. The lowest BCUT2D eigenvalue weighted by Gasteiger charge is -2.24. The Kier molecular flexibility index (Phi) is 6.45. The minimum Gasteiger partial charge on any atom is -0.354 e. The summed E-state index contributed by atoms with van der Waals surface area (Å²) in [4.78, 5) is 4.42. The standard InChI is InChI=1S/C18H16ClF6N3O2S/c19-14-10-12(17(20,21)22)11-26-16(14)27-6-3-7-28(9-8-27)31(29,30)15-5-2-1-4-13(15)18(23,24)25/h1-2,4-5,10-11H,3,6-9H2. The Morgan fingerprint density at radius 3 is 2.23 bits per heavy atom. The van der Waals surface area contributed by atoms with Gasteiger partial charge in [0.15, 0.2) is 0 Å². The van der Waals surface area contributed by atoms with Crippen LogP contribution < -0.4 is 4.90 Å². The molecule has 1 fully saturated rings. The Hall–Kier alpha value is -2.05. The third kappa shape index (κ3) is 5.07. The summed E-state index contributed by atoms with van der Waals surface area (Å²) in [5, 5.41) is -0.256.